The van der Waals surface area contributed by atoms with Gasteiger partial charge in [-0.3, -0.25) is 9.36 Å². The van der Waals surface area contributed by atoms with Crippen LogP contribution in [0.5, 0.6) is 5.75 Å². The molecule has 0 aliphatic rings. The van der Waals surface area contributed by atoms with Crippen molar-refractivity contribution in [3.63, 3.8) is 0 Å². The highest BCUT2D eigenvalue weighted by molar-refractivity contribution is 7.98. The van der Waals surface area contributed by atoms with Gasteiger partial charge in [0, 0.05) is 17.0 Å². The van der Waals surface area contributed by atoms with Gasteiger partial charge in [-0.05, 0) is 54.1 Å². The standard InChI is InChI=1S/C24H21FN4O2S/c1-31-21-13-7-18(8-14-21)23(30)26-15-22-27-28-24(32-16-17-5-3-2-4-6-17)29(22)20-11-9-19(25)10-12-20/h2-14H,15-16H2,1H3,(H,26,30). The number of aromatic nitrogens is 3. The van der Waals surface area contributed by atoms with Crippen molar-refractivity contribution in [1.29, 1.82) is 0 Å². The van der Waals surface area contributed by atoms with Crippen LogP contribution in [0.3, 0.4) is 0 Å². The smallest absolute Gasteiger partial charge is 0.251 e. The second-order valence-corrected chi connectivity index (χ2v) is 7.84. The minimum absolute atomic E-state index is 0.168. The molecule has 0 fully saturated rings. The zero-order valence-electron chi connectivity index (χ0n) is 17.4. The number of halogens is 1. The van der Waals surface area contributed by atoms with Crippen molar-refractivity contribution in [1.82, 2.24) is 20.1 Å². The summed E-state index contributed by atoms with van der Waals surface area (Å²) in [4.78, 5) is 12.6. The third kappa shape index (κ3) is 5.15. The molecule has 1 N–H and O–H groups in total. The van der Waals surface area contributed by atoms with E-state index in [-0.39, 0.29) is 18.3 Å². The second kappa shape index (κ2) is 10.1. The van der Waals surface area contributed by atoms with Gasteiger partial charge in [0.05, 0.1) is 13.7 Å². The molecule has 0 atom stereocenters. The molecule has 0 saturated heterocycles. The fourth-order valence-corrected chi connectivity index (χ4v) is 4.01. The first-order valence-electron chi connectivity index (χ1n) is 9.93. The van der Waals surface area contributed by atoms with Crippen LogP contribution in [0.1, 0.15) is 21.7 Å². The van der Waals surface area contributed by atoms with Gasteiger partial charge in [0.2, 0.25) is 0 Å². The van der Waals surface area contributed by atoms with E-state index < -0.39 is 0 Å². The lowest BCUT2D eigenvalue weighted by Crippen LogP contribution is -2.24. The molecule has 0 aliphatic carbocycles. The van der Waals surface area contributed by atoms with Gasteiger partial charge < -0.3 is 10.1 Å². The van der Waals surface area contributed by atoms with Crippen molar-refractivity contribution >= 4 is 17.7 Å². The van der Waals surface area contributed by atoms with Crippen LogP contribution in [0, 0.1) is 5.82 Å². The van der Waals surface area contributed by atoms with Gasteiger partial charge in [0.25, 0.3) is 5.91 Å². The summed E-state index contributed by atoms with van der Waals surface area (Å²) in [6, 6.07) is 23.0. The molecule has 0 bridgehead atoms. The van der Waals surface area contributed by atoms with Crippen LogP contribution in [0.15, 0.2) is 84.0 Å². The molecule has 0 aliphatic heterocycles. The van der Waals surface area contributed by atoms with Crippen molar-refractivity contribution in [2.24, 2.45) is 0 Å². The molecule has 1 amide bonds. The van der Waals surface area contributed by atoms with E-state index in [1.807, 2.05) is 34.9 Å². The van der Waals surface area contributed by atoms with E-state index in [2.05, 4.69) is 15.5 Å². The average molecular weight is 449 g/mol. The highest BCUT2D eigenvalue weighted by atomic mass is 32.2. The first kappa shape index (κ1) is 21.6. The number of ether oxygens (including phenoxy) is 1. The van der Waals surface area contributed by atoms with E-state index in [1.165, 1.54) is 23.9 Å². The molecule has 32 heavy (non-hydrogen) atoms. The molecule has 1 aromatic heterocycles. The Hall–Kier alpha value is -3.65. The van der Waals surface area contributed by atoms with Crippen LogP contribution in [-0.2, 0) is 12.3 Å². The predicted octanol–water partition coefficient (Wildman–Crippen LogP) is 4.64. The molecule has 0 saturated carbocycles. The van der Waals surface area contributed by atoms with Crippen molar-refractivity contribution in [2.75, 3.05) is 7.11 Å². The van der Waals surface area contributed by atoms with Gasteiger partial charge in [-0.1, -0.05) is 42.1 Å². The van der Waals surface area contributed by atoms with Crippen molar-refractivity contribution < 1.29 is 13.9 Å². The van der Waals surface area contributed by atoms with Gasteiger partial charge in [-0.2, -0.15) is 0 Å². The molecule has 4 aromatic rings. The quantitative estimate of drug-likeness (QED) is 0.398. The zero-order valence-corrected chi connectivity index (χ0v) is 18.2. The highest BCUT2D eigenvalue weighted by Crippen LogP contribution is 2.25. The van der Waals surface area contributed by atoms with Crippen LogP contribution in [0.4, 0.5) is 4.39 Å². The third-order valence-corrected chi connectivity index (χ3v) is 5.76. The molecule has 1 heterocycles. The summed E-state index contributed by atoms with van der Waals surface area (Å²) >= 11 is 1.52. The second-order valence-electron chi connectivity index (χ2n) is 6.90. The number of carbonyl (C=O) groups is 1. The average Bonchev–Trinajstić information content (AvgIpc) is 3.25. The van der Waals surface area contributed by atoms with Crippen LogP contribution < -0.4 is 10.1 Å². The lowest BCUT2D eigenvalue weighted by atomic mass is 10.2. The van der Waals surface area contributed by atoms with Gasteiger partial charge >= 0.3 is 0 Å². The number of hydrogen-bond donors (Lipinski definition) is 1. The number of rotatable bonds is 8. The normalized spacial score (nSPS) is 10.7. The lowest BCUT2D eigenvalue weighted by Gasteiger charge is -2.11. The third-order valence-electron chi connectivity index (χ3n) is 4.76. The topological polar surface area (TPSA) is 69.0 Å². The molecule has 4 rings (SSSR count). The molecule has 8 heteroatoms. The fourth-order valence-electron chi connectivity index (χ4n) is 3.08. The Morgan fingerprint density at radius 1 is 1.00 bits per heavy atom. The Balaban J connectivity index is 1.54. The largest absolute Gasteiger partial charge is 0.497 e. The van der Waals surface area contributed by atoms with E-state index in [4.69, 9.17) is 4.74 Å². The summed E-state index contributed by atoms with van der Waals surface area (Å²) in [7, 11) is 1.57. The van der Waals surface area contributed by atoms with E-state index in [0.717, 1.165) is 11.3 Å². The Bertz CT molecular complexity index is 1180. The molecule has 3 aromatic carbocycles. The molecular formula is C24H21FN4O2S. The molecule has 162 valence electrons. The minimum atomic E-state index is -0.324. The van der Waals surface area contributed by atoms with Gasteiger partial charge in [-0.25, -0.2) is 4.39 Å². The first-order valence-corrected chi connectivity index (χ1v) is 10.9. The van der Waals surface area contributed by atoms with Gasteiger partial charge in [0.15, 0.2) is 11.0 Å². The van der Waals surface area contributed by atoms with E-state index in [1.54, 1.807) is 43.5 Å². The van der Waals surface area contributed by atoms with E-state index in [0.29, 0.717) is 28.0 Å². The van der Waals surface area contributed by atoms with Crippen molar-refractivity contribution in [2.45, 2.75) is 17.5 Å². The first-order chi connectivity index (χ1) is 15.6. The SMILES string of the molecule is COc1ccc(C(=O)NCc2nnc(SCc3ccccc3)n2-c2ccc(F)cc2)cc1. The maximum Gasteiger partial charge on any atom is 0.251 e. The van der Waals surface area contributed by atoms with Crippen LogP contribution in [-0.4, -0.2) is 27.8 Å². The van der Waals surface area contributed by atoms with Crippen molar-refractivity contribution in [3.8, 4) is 11.4 Å². The Kier molecular flexibility index (Phi) is 6.81. The summed E-state index contributed by atoms with van der Waals surface area (Å²) in [6.07, 6.45) is 0. The van der Waals surface area contributed by atoms with Gasteiger partial charge in [-0.15, -0.1) is 10.2 Å². The number of carbonyl (C=O) groups excluding carboxylic acids is 1. The van der Waals surface area contributed by atoms with Crippen LogP contribution >= 0.6 is 11.8 Å². The number of amides is 1. The number of nitrogens with zero attached hydrogens (tertiary/aromatic N) is 3. The van der Waals surface area contributed by atoms with Crippen LogP contribution in [0.2, 0.25) is 0 Å². The molecular weight excluding hydrogens is 427 g/mol. The monoisotopic (exact) mass is 448 g/mol. The summed E-state index contributed by atoms with van der Waals surface area (Å²) in [5.41, 5.74) is 2.39. The maximum atomic E-state index is 13.5. The number of nitrogens with one attached hydrogen (secondary N) is 1. The maximum absolute atomic E-state index is 13.5. The Morgan fingerprint density at radius 3 is 2.41 bits per heavy atom. The summed E-state index contributed by atoms with van der Waals surface area (Å²) in [5.74, 6) is 1.37. The number of methoxy groups -OCH3 is 1. The van der Waals surface area contributed by atoms with Gasteiger partial charge in [0.1, 0.15) is 11.6 Å². The molecule has 0 radical (unpaired) electrons. The van der Waals surface area contributed by atoms with E-state index in [9.17, 15) is 9.18 Å². The van der Waals surface area contributed by atoms with E-state index >= 15 is 0 Å². The fraction of sp³-hybridized carbons (Fsp3) is 0.125. The predicted molar refractivity (Wildman–Crippen MR) is 121 cm³/mol. The summed E-state index contributed by atoms with van der Waals surface area (Å²) in [6.45, 7) is 0.168. The minimum Gasteiger partial charge on any atom is -0.497 e. The summed E-state index contributed by atoms with van der Waals surface area (Å²) in [5, 5.41) is 12.1. The molecule has 6 nitrogen and oxygen atoms in total. The lowest BCUT2D eigenvalue weighted by molar-refractivity contribution is 0.0949. The Morgan fingerprint density at radius 2 is 1.72 bits per heavy atom. The molecule has 0 spiro atoms. The number of thioether (sulfide) groups is 1. The molecule has 0 unspecified atom stereocenters. The number of hydrogen-bond acceptors (Lipinski definition) is 5. The zero-order chi connectivity index (χ0) is 22.3. The Labute approximate surface area is 189 Å². The number of benzene rings is 3. The highest BCUT2D eigenvalue weighted by Gasteiger charge is 2.16. The van der Waals surface area contributed by atoms with Crippen molar-refractivity contribution in [3.05, 3.63) is 102 Å². The van der Waals surface area contributed by atoms with Crippen LogP contribution in [0.25, 0.3) is 5.69 Å². The summed E-state index contributed by atoms with van der Waals surface area (Å²) < 4.78 is 20.4.